The second kappa shape index (κ2) is 9.76. The molecule has 1 aliphatic heterocycles. The number of carbonyl (C=O) groups excluding carboxylic acids is 1. The summed E-state index contributed by atoms with van der Waals surface area (Å²) in [5, 5.41) is 0. The third-order valence-electron chi connectivity index (χ3n) is 6.40. The molecule has 0 unspecified atom stereocenters. The first kappa shape index (κ1) is 23.0. The number of oxazole rings is 1. The third-order valence-corrected chi connectivity index (χ3v) is 8.29. The van der Waals surface area contributed by atoms with Crippen LogP contribution in [0.15, 0.2) is 32.3 Å². The van der Waals surface area contributed by atoms with Gasteiger partial charge in [0.2, 0.25) is 10.0 Å². The zero-order valence-corrected chi connectivity index (χ0v) is 19.3. The fraction of sp³-hybridized carbons (Fsp3) is 0.636. The molecule has 0 radical (unpaired) electrons. The Bertz CT molecular complexity index is 1110. The minimum Gasteiger partial charge on any atom is -0.464 e. The van der Waals surface area contributed by atoms with Crippen molar-refractivity contribution in [3.63, 3.8) is 0 Å². The van der Waals surface area contributed by atoms with Gasteiger partial charge in [0.1, 0.15) is 6.54 Å². The lowest BCUT2D eigenvalue weighted by atomic mass is 9.94. The molecule has 0 N–H and O–H groups in total. The number of nitrogens with zero attached hydrogens (tertiary/aromatic N) is 3. The van der Waals surface area contributed by atoms with Gasteiger partial charge in [-0.15, -0.1) is 0 Å². The molecule has 0 bridgehead atoms. The third kappa shape index (κ3) is 4.77. The number of hydrogen-bond donors (Lipinski definition) is 0. The lowest BCUT2D eigenvalue weighted by Crippen LogP contribution is -2.52. The fourth-order valence-corrected chi connectivity index (χ4v) is 6.09. The standard InChI is InChI=1S/C22H31N3O6S/c1-2-14-30-21(26)16-25-19-9-8-18(15-20(19)31-22(25)27)32(28,29)24-12-10-23(11-13-24)17-6-4-3-5-7-17/h8-9,15,17H,2-7,10-14,16H2,1H3. The summed E-state index contributed by atoms with van der Waals surface area (Å²) >= 11 is 0. The zero-order chi connectivity index (χ0) is 22.7. The van der Waals surface area contributed by atoms with E-state index >= 15 is 0 Å². The molecule has 1 saturated heterocycles. The highest BCUT2D eigenvalue weighted by Gasteiger charge is 2.32. The molecule has 0 spiro atoms. The van der Waals surface area contributed by atoms with E-state index in [1.807, 2.05) is 6.92 Å². The molecule has 4 rings (SSSR count). The van der Waals surface area contributed by atoms with Crippen LogP contribution in [-0.2, 0) is 26.1 Å². The van der Waals surface area contributed by atoms with Gasteiger partial charge in [-0.1, -0.05) is 26.2 Å². The molecule has 176 valence electrons. The molecular formula is C22H31N3O6S. The number of piperazine rings is 1. The maximum atomic E-state index is 13.2. The summed E-state index contributed by atoms with van der Waals surface area (Å²) in [5.74, 6) is -1.26. The van der Waals surface area contributed by atoms with E-state index in [-0.39, 0.29) is 23.6 Å². The Morgan fingerprint density at radius 2 is 1.84 bits per heavy atom. The molecular weight excluding hydrogens is 434 g/mol. The van der Waals surface area contributed by atoms with Crippen molar-refractivity contribution in [1.29, 1.82) is 0 Å². The Balaban J connectivity index is 1.48. The van der Waals surface area contributed by atoms with Gasteiger partial charge in [-0.3, -0.25) is 14.3 Å². The molecule has 9 nitrogen and oxygen atoms in total. The predicted octanol–water partition coefficient (Wildman–Crippen LogP) is 2.19. The molecule has 1 aliphatic carbocycles. The topological polar surface area (TPSA) is 102 Å². The lowest BCUT2D eigenvalue weighted by molar-refractivity contribution is -0.144. The summed E-state index contributed by atoms with van der Waals surface area (Å²) in [5.41, 5.74) is 0.504. The van der Waals surface area contributed by atoms with Gasteiger partial charge in [0.15, 0.2) is 5.58 Å². The van der Waals surface area contributed by atoms with Crippen LogP contribution < -0.4 is 5.76 Å². The van der Waals surface area contributed by atoms with E-state index in [1.54, 1.807) is 0 Å². The normalized spacial score (nSPS) is 19.4. The number of esters is 1. The van der Waals surface area contributed by atoms with Crippen LogP contribution in [0.5, 0.6) is 0 Å². The maximum absolute atomic E-state index is 13.2. The number of hydrogen-bond acceptors (Lipinski definition) is 7. The molecule has 2 fully saturated rings. The number of fused-ring (bicyclic) bond motifs is 1. The lowest BCUT2D eigenvalue weighted by Gasteiger charge is -2.40. The average Bonchev–Trinajstić information content (AvgIpc) is 3.12. The van der Waals surface area contributed by atoms with E-state index in [4.69, 9.17) is 9.15 Å². The summed E-state index contributed by atoms with van der Waals surface area (Å²) in [6.45, 7) is 4.25. The number of aromatic nitrogens is 1. The molecule has 10 heteroatoms. The SMILES string of the molecule is CCCOC(=O)Cn1c(=O)oc2cc(S(=O)(=O)N3CCN(C4CCCCC4)CC3)ccc21. The van der Waals surface area contributed by atoms with Gasteiger partial charge < -0.3 is 9.15 Å². The van der Waals surface area contributed by atoms with E-state index in [1.165, 1.54) is 54.6 Å². The van der Waals surface area contributed by atoms with Crippen molar-refractivity contribution >= 4 is 27.1 Å². The molecule has 2 heterocycles. The van der Waals surface area contributed by atoms with E-state index in [0.717, 1.165) is 17.7 Å². The molecule has 1 aromatic heterocycles. The second-order valence-electron chi connectivity index (χ2n) is 8.54. The summed E-state index contributed by atoms with van der Waals surface area (Å²) < 4.78 is 39.3. The average molecular weight is 466 g/mol. The van der Waals surface area contributed by atoms with Crippen LogP contribution in [-0.4, -0.2) is 67.0 Å². The van der Waals surface area contributed by atoms with Crippen LogP contribution in [0.3, 0.4) is 0 Å². The van der Waals surface area contributed by atoms with Crippen LogP contribution in [0, 0.1) is 0 Å². The quantitative estimate of drug-likeness (QED) is 0.578. The molecule has 2 aromatic rings. The van der Waals surface area contributed by atoms with Gasteiger partial charge in [-0.25, -0.2) is 13.2 Å². The van der Waals surface area contributed by atoms with Crippen LogP contribution in [0.1, 0.15) is 45.4 Å². The van der Waals surface area contributed by atoms with Crippen molar-refractivity contribution in [2.75, 3.05) is 32.8 Å². The van der Waals surface area contributed by atoms with E-state index < -0.39 is 21.7 Å². The summed E-state index contributed by atoms with van der Waals surface area (Å²) in [6, 6.07) is 4.92. The highest BCUT2D eigenvalue weighted by atomic mass is 32.2. The minimum atomic E-state index is -3.70. The van der Waals surface area contributed by atoms with Crippen molar-refractivity contribution in [2.24, 2.45) is 0 Å². The van der Waals surface area contributed by atoms with Crippen molar-refractivity contribution in [3.8, 4) is 0 Å². The first-order valence-electron chi connectivity index (χ1n) is 11.4. The Morgan fingerprint density at radius 3 is 2.53 bits per heavy atom. The Kier molecular flexibility index (Phi) is 7.02. The number of benzene rings is 1. The highest BCUT2D eigenvalue weighted by Crippen LogP contribution is 2.26. The fourth-order valence-electron chi connectivity index (χ4n) is 4.65. The number of sulfonamides is 1. The van der Waals surface area contributed by atoms with E-state index in [9.17, 15) is 18.0 Å². The van der Waals surface area contributed by atoms with Crippen molar-refractivity contribution in [1.82, 2.24) is 13.8 Å². The van der Waals surface area contributed by atoms with Gasteiger partial charge in [0.05, 0.1) is 17.0 Å². The van der Waals surface area contributed by atoms with Crippen LogP contribution in [0.2, 0.25) is 0 Å². The molecule has 1 aromatic carbocycles. The molecule has 0 atom stereocenters. The Labute approximate surface area is 188 Å². The summed E-state index contributed by atoms with van der Waals surface area (Å²) in [7, 11) is -3.70. The van der Waals surface area contributed by atoms with Gasteiger partial charge in [0, 0.05) is 38.3 Å². The minimum absolute atomic E-state index is 0.0885. The van der Waals surface area contributed by atoms with Crippen LogP contribution in [0.4, 0.5) is 0 Å². The highest BCUT2D eigenvalue weighted by molar-refractivity contribution is 7.89. The molecule has 0 amide bonds. The largest absolute Gasteiger partial charge is 0.464 e. The monoisotopic (exact) mass is 465 g/mol. The van der Waals surface area contributed by atoms with E-state index in [2.05, 4.69) is 4.90 Å². The van der Waals surface area contributed by atoms with Gasteiger partial charge in [-0.05, 0) is 31.4 Å². The number of carbonyl (C=O) groups is 1. The van der Waals surface area contributed by atoms with Crippen LogP contribution >= 0.6 is 0 Å². The second-order valence-corrected chi connectivity index (χ2v) is 10.5. The van der Waals surface area contributed by atoms with E-state index in [0.29, 0.717) is 31.1 Å². The summed E-state index contributed by atoms with van der Waals surface area (Å²) in [4.78, 5) is 26.6. The van der Waals surface area contributed by atoms with Gasteiger partial charge >= 0.3 is 11.7 Å². The van der Waals surface area contributed by atoms with Gasteiger partial charge in [0.25, 0.3) is 0 Å². The van der Waals surface area contributed by atoms with Gasteiger partial charge in [-0.2, -0.15) is 4.31 Å². The predicted molar refractivity (Wildman–Crippen MR) is 119 cm³/mol. The molecule has 2 aliphatic rings. The maximum Gasteiger partial charge on any atom is 0.420 e. The first-order chi connectivity index (χ1) is 15.4. The first-order valence-corrected chi connectivity index (χ1v) is 12.9. The van der Waals surface area contributed by atoms with Crippen molar-refractivity contribution in [3.05, 3.63) is 28.7 Å². The van der Waals surface area contributed by atoms with Crippen LogP contribution in [0.25, 0.3) is 11.1 Å². The smallest absolute Gasteiger partial charge is 0.420 e. The number of ether oxygens (including phenoxy) is 1. The molecule has 32 heavy (non-hydrogen) atoms. The van der Waals surface area contributed by atoms with Crippen molar-refractivity contribution < 1.29 is 22.4 Å². The zero-order valence-electron chi connectivity index (χ0n) is 18.5. The Morgan fingerprint density at radius 1 is 1.12 bits per heavy atom. The Hall–Kier alpha value is -2.17. The van der Waals surface area contributed by atoms with Crippen molar-refractivity contribution in [2.45, 2.75) is 62.9 Å². The summed E-state index contributed by atoms with van der Waals surface area (Å²) in [6.07, 6.45) is 6.89. The molecule has 1 saturated carbocycles. The number of rotatable bonds is 7.